The number of imide groups is 1. The third-order valence-corrected chi connectivity index (χ3v) is 4.97. The first-order valence-electron chi connectivity index (χ1n) is 8.88. The van der Waals surface area contributed by atoms with Crippen molar-refractivity contribution in [1.29, 1.82) is 0 Å². The maximum atomic E-state index is 12.5. The largest absolute Gasteiger partial charge is 0.349 e. The fraction of sp³-hybridized carbons (Fsp3) is 0.474. The predicted molar refractivity (Wildman–Crippen MR) is 94.8 cm³/mol. The molecule has 0 atom stereocenters. The van der Waals surface area contributed by atoms with Gasteiger partial charge < -0.3 is 10.2 Å². The lowest BCUT2D eigenvalue weighted by Gasteiger charge is -2.31. The summed E-state index contributed by atoms with van der Waals surface area (Å²) in [7, 11) is 0. The molecule has 0 aliphatic carbocycles. The third-order valence-electron chi connectivity index (χ3n) is 4.97. The van der Waals surface area contributed by atoms with Crippen LogP contribution in [0.3, 0.4) is 0 Å². The Kier molecular flexibility index (Phi) is 4.80. The Morgan fingerprint density at radius 2 is 1.69 bits per heavy atom. The first kappa shape index (κ1) is 18.1. The third kappa shape index (κ3) is 3.21. The van der Waals surface area contributed by atoms with Gasteiger partial charge in [0.25, 0.3) is 17.7 Å². The molecule has 0 unspecified atom stereocenters. The SMILES string of the molecule is CC(=O)N1CCC(NC(=O)c2ccc3c(c2)C(=O)N(C(C)C)C3=O)CC1. The van der Waals surface area contributed by atoms with Crippen LogP contribution in [0, 0.1) is 0 Å². The second kappa shape index (κ2) is 6.90. The molecule has 2 heterocycles. The zero-order valence-electron chi connectivity index (χ0n) is 15.2. The van der Waals surface area contributed by atoms with Crippen LogP contribution in [0.1, 0.15) is 64.7 Å². The molecule has 7 nitrogen and oxygen atoms in total. The van der Waals surface area contributed by atoms with Gasteiger partial charge in [0.2, 0.25) is 5.91 Å². The van der Waals surface area contributed by atoms with Gasteiger partial charge in [0.05, 0.1) is 11.1 Å². The van der Waals surface area contributed by atoms with Crippen molar-refractivity contribution in [3.05, 3.63) is 34.9 Å². The fourth-order valence-corrected chi connectivity index (χ4v) is 3.48. The topological polar surface area (TPSA) is 86.8 Å². The van der Waals surface area contributed by atoms with E-state index >= 15 is 0 Å². The number of fused-ring (bicyclic) bond motifs is 1. The first-order valence-corrected chi connectivity index (χ1v) is 8.88. The molecule has 26 heavy (non-hydrogen) atoms. The van der Waals surface area contributed by atoms with E-state index < -0.39 is 0 Å². The lowest BCUT2D eigenvalue weighted by Crippen LogP contribution is -2.46. The van der Waals surface area contributed by atoms with E-state index in [9.17, 15) is 19.2 Å². The van der Waals surface area contributed by atoms with Crippen molar-refractivity contribution in [1.82, 2.24) is 15.1 Å². The van der Waals surface area contributed by atoms with Gasteiger partial charge in [0.15, 0.2) is 0 Å². The summed E-state index contributed by atoms with van der Waals surface area (Å²) < 4.78 is 0. The van der Waals surface area contributed by atoms with Gasteiger partial charge in [0, 0.05) is 37.7 Å². The van der Waals surface area contributed by atoms with E-state index in [1.165, 1.54) is 11.0 Å². The molecule has 1 N–H and O–H groups in total. The second-order valence-electron chi connectivity index (χ2n) is 7.09. The summed E-state index contributed by atoms with van der Waals surface area (Å²) in [6.07, 6.45) is 1.41. The summed E-state index contributed by atoms with van der Waals surface area (Å²) in [6, 6.07) is 4.39. The van der Waals surface area contributed by atoms with Gasteiger partial charge in [-0.15, -0.1) is 0 Å². The smallest absolute Gasteiger partial charge is 0.261 e. The number of carbonyl (C=O) groups excluding carboxylic acids is 4. The lowest BCUT2D eigenvalue weighted by molar-refractivity contribution is -0.129. The summed E-state index contributed by atoms with van der Waals surface area (Å²) >= 11 is 0. The van der Waals surface area contributed by atoms with E-state index in [0.717, 1.165) is 0 Å². The van der Waals surface area contributed by atoms with E-state index in [4.69, 9.17) is 0 Å². The van der Waals surface area contributed by atoms with Crippen LogP contribution in [0.15, 0.2) is 18.2 Å². The Bertz CT molecular complexity index is 779. The van der Waals surface area contributed by atoms with Gasteiger partial charge >= 0.3 is 0 Å². The van der Waals surface area contributed by atoms with Crippen LogP contribution in [0.2, 0.25) is 0 Å². The number of benzene rings is 1. The highest BCUT2D eigenvalue weighted by atomic mass is 16.2. The van der Waals surface area contributed by atoms with Gasteiger partial charge in [-0.05, 0) is 44.9 Å². The summed E-state index contributed by atoms with van der Waals surface area (Å²) in [5, 5.41) is 2.96. The van der Waals surface area contributed by atoms with Crippen LogP contribution >= 0.6 is 0 Å². The van der Waals surface area contributed by atoms with E-state index in [-0.39, 0.29) is 41.3 Å². The van der Waals surface area contributed by atoms with E-state index in [1.807, 2.05) is 0 Å². The molecule has 4 amide bonds. The number of nitrogens with zero attached hydrogens (tertiary/aromatic N) is 2. The van der Waals surface area contributed by atoms with E-state index in [1.54, 1.807) is 37.8 Å². The van der Waals surface area contributed by atoms with Gasteiger partial charge in [-0.1, -0.05) is 0 Å². The molecule has 1 fully saturated rings. The van der Waals surface area contributed by atoms with Gasteiger partial charge in [0.1, 0.15) is 0 Å². The molecule has 3 rings (SSSR count). The minimum Gasteiger partial charge on any atom is -0.349 e. The highest BCUT2D eigenvalue weighted by Crippen LogP contribution is 2.26. The molecule has 0 radical (unpaired) electrons. The molecule has 1 aromatic carbocycles. The Hall–Kier alpha value is -2.70. The van der Waals surface area contributed by atoms with E-state index in [0.29, 0.717) is 37.1 Å². The minimum atomic E-state index is -0.357. The maximum Gasteiger partial charge on any atom is 0.261 e. The van der Waals surface area contributed by atoms with Gasteiger partial charge in [-0.2, -0.15) is 0 Å². The van der Waals surface area contributed by atoms with Crippen LogP contribution in [0.4, 0.5) is 0 Å². The standard InChI is InChI=1S/C19H23N3O4/c1-11(2)22-18(25)15-5-4-13(10-16(15)19(22)26)17(24)20-14-6-8-21(9-7-14)12(3)23/h4-5,10-11,14H,6-9H2,1-3H3,(H,20,24). The van der Waals surface area contributed by atoms with Crippen LogP contribution in [0.5, 0.6) is 0 Å². The average molecular weight is 357 g/mol. The zero-order valence-corrected chi connectivity index (χ0v) is 15.2. The molecular formula is C19H23N3O4. The Balaban J connectivity index is 1.70. The fourth-order valence-electron chi connectivity index (χ4n) is 3.48. The van der Waals surface area contributed by atoms with Crippen molar-refractivity contribution in [2.45, 2.75) is 45.7 Å². The highest BCUT2D eigenvalue weighted by Gasteiger charge is 2.37. The number of hydrogen-bond acceptors (Lipinski definition) is 4. The number of likely N-dealkylation sites (tertiary alicyclic amines) is 1. The van der Waals surface area contributed by atoms with Gasteiger partial charge in [-0.3, -0.25) is 24.1 Å². The number of amides is 4. The zero-order chi connectivity index (χ0) is 19.0. The summed E-state index contributed by atoms with van der Waals surface area (Å²) in [5.74, 6) is -0.892. The molecule has 138 valence electrons. The second-order valence-corrected chi connectivity index (χ2v) is 7.09. The molecule has 2 aliphatic rings. The average Bonchev–Trinajstić information content (AvgIpc) is 2.86. The summed E-state index contributed by atoms with van der Waals surface area (Å²) in [6.45, 7) is 6.36. The molecule has 0 bridgehead atoms. The van der Waals surface area contributed by atoms with Crippen molar-refractivity contribution >= 4 is 23.6 Å². The Morgan fingerprint density at radius 1 is 1.08 bits per heavy atom. The highest BCUT2D eigenvalue weighted by molar-refractivity contribution is 6.22. The molecule has 1 aromatic rings. The minimum absolute atomic E-state index is 0.00384. The van der Waals surface area contributed by atoms with Crippen molar-refractivity contribution in [2.24, 2.45) is 0 Å². The molecule has 7 heteroatoms. The quantitative estimate of drug-likeness (QED) is 0.829. The molecular weight excluding hydrogens is 334 g/mol. The molecule has 0 saturated carbocycles. The van der Waals surface area contributed by atoms with Crippen molar-refractivity contribution < 1.29 is 19.2 Å². The van der Waals surface area contributed by atoms with Crippen LogP contribution in [-0.2, 0) is 4.79 Å². The number of piperidine rings is 1. The Morgan fingerprint density at radius 3 is 2.27 bits per heavy atom. The normalized spacial score (nSPS) is 17.7. The molecule has 0 spiro atoms. The van der Waals surface area contributed by atoms with Crippen LogP contribution < -0.4 is 5.32 Å². The van der Waals surface area contributed by atoms with Crippen molar-refractivity contribution in [2.75, 3.05) is 13.1 Å². The lowest BCUT2D eigenvalue weighted by atomic mass is 10.0. The number of nitrogens with one attached hydrogen (secondary N) is 1. The molecule has 2 aliphatic heterocycles. The maximum absolute atomic E-state index is 12.5. The molecule has 1 saturated heterocycles. The number of rotatable bonds is 3. The van der Waals surface area contributed by atoms with Crippen molar-refractivity contribution in [3.8, 4) is 0 Å². The monoisotopic (exact) mass is 357 g/mol. The van der Waals surface area contributed by atoms with E-state index in [2.05, 4.69) is 5.32 Å². The summed E-state index contributed by atoms with van der Waals surface area (Å²) in [4.78, 5) is 51.6. The predicted octanol–water partition coefficient (Wildman–Crippen LogP) is 1.43. The van der Waals surface area contributed by atoms with Crippen LogP contribution in [0.25, 0.3) is 0 Å². The Labute approximate surface area is 152 Å². The number of carbonyl (C=O) groups is 4. The summed E-state index contributed by atoms with van der Waals surface area (Å²) in [5.41, 5.74) is 0.988. The van der Waals surface area contributed by atoms with Gasteiger partial charge in [-0.25, -0.2) is 0 Å². The first-order chi connectivity index (χ1) is 12.3. The molecule has 0 aromatic heterocycles. The number of hydrogen-bond donors (Lipinski definition) is 1. The van der Waals surface area contributed by atoms with Crippen molar-refractivity contribution in [3.63, 3.8) is 0 Å². The van der Waals surface area contributed by atoms with Crippen LogP contribution in [-0.4, -0.2) is 58.6 Å².